The maximum atomic E-state index is 11.1. The maximum Gasteiger partial charge on any atom is 0.164 e. The van der Waals surface area contributed by atoms with Gasteiger partial charge < -0.3 is 9.84 Å². The van der Waals surface area contributed by atoms with E-state index in [1.54, 1.807) is 6.07 Å². The third-order valence-electron chi connectivity index (χ3n) is 8.28. The van der Waals surface area contributed by atoms with Crippen LogP contribution in [0.4, 0.5) is 0 Å². The summed E-state index contributed by atoms with van der Waals surface area (Å²) in [4.78, 5) is 9.91. The minimum absolute atomic E-state index is 0.0994. The Morgan fingerprint density at radius 3 is 1.50 bits per heavy atom. The molecule has 0 amide bonds. The van der Waals surface area contributed by atoms with Gasteiger partial charge in [-0.05, 0) is 46.9 Å². The normalized spacial score (nSPS) is 11.0. The third-order valence-corrected chi connectivity index (χ3v) is 8.28. The van der Waals surface area contributed by atoms with Gasteiger partial charge in [0, 0.05) is 17.2 Å². The topological polar surface area (TPSA) is 55.2 Å². The predicted molar refractivity (Wildman–Crippen MR) is 190 cm³/mol. The number of phenolic OH excluding ortho intramolecular Hbond substituents is 1. The van der Waals surface area contributed by atoms with E-state index in [0.717, 1.165) is 46.5 Å². The van der Waals surface area contributed by atoms with Crippen molar-refractivity contribution in [2.45, 2.75) is 45.4 Å². The highest BCUT2D eigenvalue weighted by molar-refractivity contribution is 5.76. The Bertz CT molecular complexity index is 1730. The molecule has 1 N–H and O–H groups in total. The molecule has 0 saturated carbocycles. The van der Waals surface area contributed by atoms with E-state index in [1.165, 1.54) is 36.8 Å². The van der Waals surface area contributed by atoms with E-state index in [4.69, 9.17) is 14.7 Å². The minimum Gasteiger partial charge on any atom is -0.507 e. The van der Waals surface area contributed by atoms with Crippen molar-refractivity contribution in [2.75, 3.05) is 6.61 Å². The number of aromatic hydroxyl groups is 1. The van der Waals surface area contributed by atoms with E-state index < -0.39 is 0 Å². The number of unbranched alkanes of at least 4 members (excludes halogenated alkanes) is 5. The molecule has 6 aromatic rings. The number of benzene rings is 5. The molecule has 0 aliphatic carbocycles. The van der Waals surface area contributed by atoms with Crippen LogP contribution in [0.15, 0.2) is 133 Å². The molecule has 0 spiro atoms. The van der Waals surface area contributed by atoms with E-state index in [2.05, 4.69) is 79.7 Å². The number of aromatic nitrogens is 2. The van der Waals surface area contributed by atoms with Gasteiger partial charge in [-0.2, -0.15) is 0 Å². The molecule has 0 radical (unpaired) electrons. The van der Waals surface area contributed by atoms with Crippen LogP contribution in [0, 0.1) is 0 Å². The molecule has 0 aliphatic heterocycles. The van der Waals surface area contributed by atoms with E-state index in [9.17, 15) is 5.11 Å². The average Bonchev–Trinajstić information content (AvgIpc) is 3.12. The van der Waals surface area contributed by atoms with E-state index in [1.807, 2.05) is 54.6 Å². The Morgan fingerprint density at radius 2 is 0.978 bits per heavy atom. The van der Waals surface area contributed by atoms with Crippen molar-refractivity contribution in [3.63, 3.8) is 0 Å². The van der Waals surface area contributed by atoms with Crippen molar-refractivity contribution < 1.29 is 9.84 Å². The summed E-state index contributed by atoms with van der Waals surface area (Å²) in [5, 5.41) is 11.1. The molecule has 4 heteroatoms. The summed E-state index contributed by atoms with van der Waals surface area (Å²) >= 11 is 0. The Balaban J connectivity index is 1.30. The lowest BCUT2D eigenvalue weighted by atomic mass is 10.0. The van der Waals surface area contributed by atoms with Gasteiger partial charge in [0.05, 0.1) is 23.6 Å². The monoisotopic (exact) mass is 604 g/mol. The second kappa shape index (κ2) is 15.2. The summed E-state index contributed by atoms with van der Waals surface area (Å²) in [5.41, 5.74) is 8.71. The van der Waals surface area contributed by atoms with E-state index in [-0.39, 0.29) is 5.75 Å². The average molecular weight is 605 g/mol. The van der Waals surface area contributed by atoms with Crippen molar-refractivity contribution in [1.29, 1.82) is 0 Å². The summed E-state index contributed by atoms with van der Waals surface area (Å²) in [6.07, 6.45) is 7.22. The lowest BCUT2D eigenvalue weighted by Crippen LogP contribution is -1.99. The second-order valence-electron chi connectivity index (χ2n) is 11.6. The standard InChI is InChI=1S/C42H40N2O2/c1-2-3-4-5-6-13-28-46-37-26-27-38(41(45)29-37)42-43-39(35-22-18-33(19-23-35)31-14-9-7-10-15-31)30-40(44-42)36-24-20-34(21-25-36)32-16-11-8-12-17-32/h7-12,14-27,29-30,45H,2-6,13,28H2,1H3. The van der Waals surface area contributed by atoms with Gasteiger partial charge in [0.1, 0.15) is 11.5 Å². The first-order valence-electron chi connectivity index (χ1n) is 16.3. The van der Waals surface area contributed by atoms with Gasteiger partial charge in [-0.15, -0.1) is 0 Å². The largest absolute Gasteiger partial charge is 0.507 e. The molecular weight excluding hydrogens is 564 g/mol. The fourth-order valence-electron chi connectivity index (χ4n) is 5.65. The molecule has 0 unspecified atom stereocenters. The van der Waals surface area contributed by atoms with Crippen LogP contribution < -0.4 is 4.74 Å². The second-order valence-corrected chi connectivity index (χ2v) is 11.6. The Hall–Kier alpha value is -5.22. The molecule has 0 saturated heterocycles. The zero-order chi connectivity index (χ0) is 31.6. The quantitative estimate of drug-likeness (QED) is 0.133. The highest BCUT2D eigenvalue weighted by Gasteiger charge is 2.15. The van der Waals surface area contributed by atoms with Gasteiger partial charge >= 0.3 is 0 Å². The van der Waals surface area contributed by atoms with Gasteiger partial charge in [0.2, 0.25) is 0 Å². The van der Waals surface area contributed by atoms with Crippen molar-refractivity contribution in [2.24, 2.45) is 0 Å². The molecule has 230 valence electrons. The molecule has 1 aromatic heterocycles. The molecule has 0 aliphatic rings. The van der Waals surface area contributed by atoms with Crippen molar-refractivity contribution >= 4 is 0 Å². The van der Waals surface area contributed by atoms with Gasteiger partial charge in [-0.1, -0.05) is 148 Å². The van der Waals surface area contributed by atoms with Gasteiger partial charge in [0.25, 0.3) is 0 Å². The first kappa shape index (κ1) is 30.8. The number of phenols is 1. The Labute approximate surface area is 272 Å². The molecule has 6 rings (SSSR count). The summed E-state index contributed by atoms with van der Waals surface area (Å²) in [5.74, 6) is 1.22. The number of hydrogen-bond donors (Lipinski definition) is 1. The summed E-state index contributed by atoms with van der Waals surface area (Å²) in [6, 6.07) is 45.0. The number of nitrogens with zero attached hydrogens (tertiary/aromatic N) is 2. The van der Waals surface area contributed by atoms with Crippen molar-refractivity contribution in [3.8, 4) is 67.7 Å². The van der Waals surface area contributed by atoms with Crippen LogP contribution in [0.1, 0.15) is 45.4 Å². The van der Waals surface area contributed by atoms with E-state index >= 15 is 0 Å². The molecule has 4 nitrogen and oxygen atoms in total. The van der Waals surface area contributed by atoms with E-state index in [0.29, 0.717) is 23.7 Å². The first-order chi connectivity index (χ1) is 22.7. The summed E-state index contributed by atoms with van der Waals surface area (Å²) in [7, 11) is 0. The predicted octanol–water partition coefficient (Wildman–Crippen LogP) is 11.3. The van der Waals surface area contributed by atoms with Crippen molar-refractivity contribution in [1.82, 2.24) is 9.97 Å². The molecule has 0 fully saturated rings. The molecular formula is C42H40N2O2. The third kappa shape index (κ3) is 7.70. The van der Waals surface area contributed by atoms with Crippen LogP contribution in [0.5, 0.6) is 11.5 Å². The minimum atomic E-state index is 0.0994. The molecule has 5 aromatic carbocycles. The van der Waals surface area contributed by atoms with Crippen LogP contribution in [0.2, 0.25) is 0 Å². The summed E-state index contributed by atoms with van der Waals surface area (Å²) in [6.45, 7) is 2.87. The molecule has 0 bridgehead atoms. The number of rotatable bonds is 13. The van der Waals surface area contributed by atoms with Crippen LogP contribution in [-0.2, 0) is 0 Å². The fraction of sp³-hybridized carbons (Fsp3) is 0.190. The lowest BCUT2D eigenvalue weighted by molar-refractivity contribution is 0.303. The molecule has 1 heterocycles. The Kier molecular flexibility index (Phi) is 10.2. The SMILES string of the molecule is CCCCCCCCOc1ccc(-c2nc(-c3ccc(-c4ccccc4)cc3)cc(-c3ccc(-c4ccccc4)cc3)n2)c(O)c1. The molecule has 0 atom stereocenters. The summed E-state index contributed by atoms with van der Waals surface area (Å²) < 4.78 is 5.96. The van der Waals surface area contributed by atoms with Crippen LogP contribution in [-0.4, -0.2) is 21.7 Å². The highest BCUT2D eigenvalue weighted by atomic mass is 16.5. The van der Waals surface area contributed by atoms with Gasteiger partial charge in [-0.25, -0.2) is 9.97 Å². The number of hydrogen-bond acceptors (Lipinski definition) is 4. The van der Waals surface area contributed by atoms with Crippen LogP contribution in [0.25, 0.3) is 56.2 Å². The number of ether oxygens (including phenoxy) is 1. The van der Waals surface area contributed by atoms with Gasteiger partial charge in [-0.3, -0.25) is 0 Å². The zero-order valence-corrected chi connectivity index (χ0v) is 26.4. The maximum absolute atomic E-state index is 11.1. The van der Waals surface area contributed by atoms with Crippen molar-refractivity contribution in [3.05, 3.63) is 133 Å². The first-order valence-corrected chi connectivity index (χ1v) is 16.3. The highest BCUT2D eigenvalue weighted by Crippen LogP contribution is 2.35. The van der Waals surface area contributed by atoms with Crippen LogP contribution >= 0.6 is 0 Å². The molecule has 46 heavy (non-hydrogen) atoms. The Morgan fingerprint density at radius 1 is 0.500 bits per heavy atom. The zero-order valence-electron chi connectivity index (χ0n) is 26.4. The fourth-order valence-corrected chi connectivity index (χ4v) is 5.65. The lowest BCUT2D eigenvalue weighted by Gasteiger charge is -2.12. The van der Waals surface area contributed by atoms with Gasteiger partial charge in [0.15, 0.2) is 5.82 Å². The van der Waals surface area contributed by atoms with Crippen LogP contribution in [0.3, 0.4) is 0 Å². The smallest absolute Gasteiger partial charge is 0.164 e.